The molecule has 1 aliphatic heterocycles. The molecule has 0 atom stereocenters. The zero-order chi connectivity index (χ0) is 20.6. The van der Waals surface area contributed by atoms with Gasteiger partial charge in [-0.1, -0.05) is 29.8 Å². The molecular weight excluding hydrogens is 411 g/mol. The van der Waals surface area contributed by atoms with Crippen molar-refractivity contribution in [1.29, 1.82) is 0 Å². The van der Waals surface area contributed by atoms with Gasteiger partial charge in [0.15, 0.2) is 0 Å². The van der Waals surface area contributed by atoms with Crippen LogP contribution in [0, 0.1) is 5.82 Å². The second-order valence-corrected chi connectivity index (χ2v) is 8.63. The van der Waals surface area contributed by atoms with Gasteiger partial charge in [0.1, 0.15) is 17.7 Å². The number of nitrogens with one attached hydrogen (secondary N) is 1. The van der Waals surface area contributed by atoms with Crippen molar-refractivity contribution in [2.75, 3.05) is 25.9 Å². The zero-order valence-corrected chi connectivity index (χ0v) is 18.1. The van der Waals surface area contributed by atoms with E-state index in [0.717, 1.165) is 37.2 Å². The Bertz CT molecular complexity index is 791. The Kier molecular flexibility index (Phi) is 8.21. The smallest absolute Gasteiger partial charge is 0.230 e. The molecule has 3 rings (SSSR count). The van der Waals surface area contributed by atoms with Gasteiger partial charge >= 0.3 is 0 Å². The number of carbonyl (C=O) groups excluding carboxylic acids is 1. The number of piperidine rings is 1. The van der Waals surface area contributed by atoms with Crippen LogP contribution in [0.2, 0.25) is 5.02 Å². The molecule has 4 nitrogen and oxygen atoms in total. The molecule has 1 fully saturated rings. The Morgan fingerprint density at radius 3 is 2.66 bits per heavy atom. The number of likely N-dealkylation sites (tertiary alicyclic amines) is 1. The molecule has 7 heteroatoms. The van der Waals surface area contributed by atoms with E-state index in [-0.39, 0.29) is 23.6 Å². The summed E-state index contributed by atoms with van der Waals surface area (Å²) in [7, 11) is 2.13. The van der Waals surface area contributed by atoms with E-state index in [0.29, 0.717) is 22.9 Å². The van der Waals surface area contributed by atoms with Crippen LogP contribution in [0.5, 0.6) is 5.75 Å². The third-order valence-corrected chi connectivity index (χ3v) is 6.24. The maximum atomic E-state index is 13.7. The van der Waals surface area contributed by atoms with E-state index in [1.807, 2.05) is 24.3 Å². The number of halogens is 2. The molecule has 1 saturated heterocycles. The van der Waals surface area contributed by atoms with Gasteiger partial charge in [0.2, 0.25) is 5.91 Å². The zero-order valence-electron chi connectivity index (χ0n) is 16.5. The van der Waals surface area contributed by atoms with Gasteiger partial charge in [-0.25, -0.2) is 4.39 Å². The van der Waals surface area contributed by atoms with Crippen molar-refractivity contribution in [2.24, 2.45) is 0 Å². The lowest BCUT2D eigenvalue weighted by Gasteiger charge is -2.29. The van der Waals surface area contributed by atoms with Crippen LogP contribution in [0.4, 0.5) is 4.39 Å². The van der Waals surface area contributed by atoms with Crippen molar-refractivity contribution in [3.8, 4) is 5.75 Å². The van der Waals surface area contributed by atoms with Crippen molar-refractivity contribution in [2.45, 2.75) is 31.2 Å². The van der Waals surface area contributed by atoms with Gasteiger partial charge in [0.25, 0.3) is 0 Å². The topological polar surface area (TPSA) is 41.6 Å². The van der Waals surface area contributed by atoms with Gasteiger partial charge in [-0.05, 0) is 49.7 Å². The van der Waals surface area contributed by atoms with Crippen LogP contribution in [0.15, 0.2) is 42.5 Å². The first-order valence-electron chi connectivity index (χ1n) is 9.73. The number of amides is 1. The van der Waals surface area contributed by atoms with Crippen LogP contribution in [0.25, 0.3) is 0 Å². The minimum atomic E-state index is -0.340. The number of rotatable bonds is 8. The van der Waals surface area contributed by atoms with Gasteiger partial charge in [-0.3, -0.25) is 4.79 Å². The number of hydrogen-bond donors (Lipinski definition) is 1. The fourth-order valence-corrected chi connectivity index (χ4v) is 4.34. The van der Waals surface area contributed by atoms with E-state index < -0.39 is 0 Å². The maximum absolute atomic E-state index is 13.7. The highest BCUT2D eigenvalue weighted by Gasteiger charge is 2.17. The van der Waals surface area contributed by atoms with E-state index in [9.17, 15) is 9.18 Å². The second-order valence-electron chi connectivity index (χ2n) is 7.23. The molecule has 1 amide bonds. The number of ether oxygens (including phenoxy) is 1. The predicted octanol–water partition coefficient (Wildman–Crippen LogP) is 4.50. The molecule has 156 valence electrons. The Balaban J connectivity index is 1.37. The van der Waals surface area contributed by atoms with Crippen molar-refractivity contribution in [3.05, 3.63) is 64.4 Å². The number of nitrogens with zero attached hydrogens (tertiary/aromatic N) is 1. The third-order valence-electron chi connectivity index (χ3n) is 4.92. The molecule has 2 aromatic rings. The summed E-state index contributed by atoms with van der Waals surface area (Å²) in [5, 5.41) is 3.28. The standard InChI is InChI=1S/C22H26ClFN2O2S/c1-26-11-9-18(10-12-26)28-17-7-5-16(6-8-17)13-25-22(27)15-29-14-19-20(23)3-2-4-21(19)24/h2-8,18H,9-15H2,1H3,(H,25,27). The van der Waals surface area contributed by atoms with E-state index in [1.54, 1.807) is 12.1 Å². The number of thioether (sulfide) groups is 1. The molecule has 2 aromatic carbocycles. The summed E-state index contributed by atoms with van der Waals surface area (Å²) in [6, 6.07) is 12.4. The summed E-state index contributed by atoms with van der Waals surface area (Å²) in [5.74, 6) is 1.05. The average Bonchev–Trinajstić information content (AvgIpc) is 2.71. The van der Waals surface area contributed by atoms with Crippen LogP contribution < -0.4 is 10.1 Å². The molecule has 1 heterocycles. The molecule has 0 aromatic heterocycles. The quantitative estimate of drug-likeness (QED) is 0.661. The Morgan fingerprint density at radius 1 is 1.24 bits per heavy atom. The van der Waals surface area contributed by atoms with Crippen LogP contribution in [0.1, 0.15) is 24.0 Å². The number of hydrogen-bond acceptors (Lipinski definition) is 4. The molecule has 1 N–H and O–H groups in total. The van der Waals surface area contributed by atoms with E-state index in [4.69, 9.17) is 16.3 Å². The first-order chi connectivity index (χ1) is 14.0. The Hall–Kier alpha value is -1.76. The van der Waals surface area contributed by atoms with Crippen LogP contribution in [-0.2, 0) is 17.1 Å². The first-order valence-corrected chi connectivity index (χ1v) is 11.3. The summed E-state index contributed by atoms with van der Waals surface area (Å²) < 4.78 is 19.8. The molecule has 1 aliphatic rings. The molecule has 0 aliphatic carbocycles. The SMILES string of the molecule is CN1CCC(Oc2ccc(CNC(=O)CSCc3c(F)cccc3Cl)cc2)CC1. The minimum Gasteiger partial charge on any atom is -0.490 e. The predicted molar refractivity (Wildman–Crippen MR) is 117 cm³/mol. The molecular formula is C22H26ClFN2O2S. The molecule has 0 saturated carbocycles. The molecule has 0 spiro atoms. The molecule has 0 radical (unpaired) electrons. The van der Waals surface area contributed by atoms with Gasteiger partial charge in [0.05, 0.1) is 5.75 Å². The lowest BCUT2D eigenvalue weighted by atomic mass is 10.1. The Labute approximate surface area is 180 Å². The highest BCUT2D eigenvalue weighted by atomic mass is 35.5. The molecule has 0 unspecified atom stereocenters. The summed E-state index contributed by atoms with van der Waals surface area (Å²) in [6.45, 7) is 2.58. The number of benzene rings is 2. The first kappa shape index (κ1) is 21.9. The van der Waals surface area contributed by atoms with Crippen LogP contribution in [-0.4, -0.2) is 42.8 Å². The highest BCUT2D eigenvalue weighted by molar-refractivity contribution is 7.99. The fraction of sp³-hybridized carbons (Fsp3) is 0.409. The third kappa shape index (κ3) is 6.91. The lowest BCUT2D eigenvalue weighted by molar-refractivity contribution is -0.118. The highest BCUT2D eigenvalue weighted by Crippen LogP contribution is 2.24. The lowest BCUT2D eigenvalue weighted by Crippen LogP contribution is -2.35. The van der Waals surface area contributed by atoms with Crippen molar-refractivity contribution >= 4 is 29.3 Å². The van der Waals surface area contributed by atoms with Crippen molar-refractivity contribution < 1.29 is 13.9 Å². The fourth-order valence-electron chi connectivity index (χ4n) is 3.15. The van der Waals surface area contributed by atoms with E-state index >= 15 is 0 Å². The summed E-state index contributed by atoms with van der Waals surface area (Å²) in [5.41, 5.74) is 1.45. The molecule has 29 heavy (non-hydrogen) atoms. The maximum Gasteiger partial charge on any atom is 0.230 e. The number of carbonyl (C=O) groups is 1. The second kappa shape index (κ2) is 10.9. The summed E-state index contributed by atoms with van der Waals surface area (Å²) >= 11 is 7.34. The molecule has 0 bridgehead atoms. The normalized spacial score (nSPS) is 15.3. The van der Waals surface area contributed by atoms with Crippen molar-refractivity contribution in [3.63, 3.8) is 0 Å². The van der Waals surface area contributed by atoms with Crippen molar-refractivity contribution in [1.82, 2.24) is 10.2 Å². The minimum absolute atomic E-state index is 0.0888. The Morgan fingerprint density at radius 2 is 1.97 bits per heavy atom. The van der Waals surface area contributed by atoms with E-state index in [1.165, 1.54) is 17.8 Å². The summed E-state index contributed by atoms with van der Waals surface area (Å²) in [6.07, 6.45) is 2.37. The van der Waals surface area contributed by atoms with E-state index in [2.05, 4.69) is 17.3 Å². The van der Waals surface area contributed by atoms with Gasteiger partial charge in [-0.15, -0.1) is 11.8 Å². The largest absolute Gasteiger partial charge is 0.490 e. The monoisotopic (exact) mass is 436 g/mol. The average molecular weight is 437 g/mol. The van der Waals surface area contributed by atoms with Gasteiger partial charge < -0.3 is 15.0 Å². The van der Waals surface area contributed by atoms with Gasteiger partial charge in [0, 0.05) is 36.0 Å². The van der Waals surface area contributed by atoms with Crippen LogP contribution in [0.3, 0.4) is 0 Å². The van der Waals surface area contributed by atoms with Gasteiger partial charge in [-0.2, -0.15) is 0 Å². The van der Waals surface area contributed by atoms with Crippen LogP contribution >= 0.6 is 23.4 Å². The summed E-state index contributed by atoms with van der Waals surface area (Å²) in [4.78, 5) is 14.4.